The van der Waals surface area contributed by atoms with Crippen molar-refractivity contribution in [3.05, 3.63) is 70.8 Å². The summed E-state index contributed by atoms with van der Waals surface area (Å²) in [5.41, 5.74) is 3.52. The summed E-state index contributed by atoms with van der Waals surface area (Å²) in [6, 6.07) is 15.7. The fourth-order valence-corrected chi connectivity index (χ4v) is 4.43. The van der Waals surface area contributed by atoms with E-state index in [4.69, 9.17) is 12.8 Å². The minimum Gasteiger partial charge on any atom is -0.481 e. The van der Waals surface area contributed by atoms with Gasteiger partial charge in [0.1, 0.15) is 0 Å². The van der Waals surface area contributed by atoms with Crippen LogP contribution in [0.5, 0.6) is 0 Å². The van der Waals surface area contributed by atoms with Gasteiger partial charge in [-0.1, -0.05) is 62.4 Å². The average Bonchev–Trinajstić information content (AvgIpc) is 2.79. The predicted octanol–water partition coefficient (Wildman–Crippen LogP) is 5.33. The van der Waals surface area contributed by atoms with Crippen LogP contribution >= 0.6 is 0 Å². The van der Waals surface area contributed by atoms with Crippen molar-refractivity contribution in [2.75, 3.05) is 0 Å². The van der Waals surface area contributed by atoms with Gasteiger partial charge in [-0.15, -0.1) is 24.7 Å². The maximum Gasteiger partial charge on any atom is 0.306 e. The Bertz CT molecular complexity index is 968. The van der Waals surface area contributed by atoms with Crippen LogP contribution in [0.15, 0.2) is 48.5 Å². The van der Waals surface area contributed by atoms with Crippen molar-refractivity contribution in [1.29, 1.82) is 0 Å². The zero-order valence-electron chi connectivity index (χ0n) is 19.4. The van der Waals surface area contributed by atoms with E-state index in [9.17, 15) is 19.8 Å². The summed E-state index contributed by atoms with van der Waals surface area (Å²) >= 11 is 0. The molecule has 2 N–H and O–H groups in total. The molecular formula is C29H32O4. The monoisotopic (exact) mass is 444 g/mol. The van der Waals surface area contributed by atoms with Gasteiger partial charge in [-0.3, -0.25) is 9.59 Å². The molecule has 172 valence electrons. The highest BCUT2D eigenvalue weighted by molar-refractivity contribution is 5.71. The summed E-state index contributed by atoms with van der Waals surface area (Å²) in [6.45, 7) is 4.19. The van der Waals surface area contributed by atoms with Crippen LogP contribution in [0, 0.1) is 36.5 Å². The van der Waals surface area contributed by atoms with E-state index < -0.39 is 29.2 Å². The summed E-state index contributed by atoms with van der Waals surface area (Å²) in [5.74, 6) is 2.25. The minimum absolute atomic E-state index is 0.388. The Balaban J connectivity index is 2.46. The molecule has 0 aliphatic heterocycles. The quantitative estimate of drug-likeness (QED) is 0.434. The molecule has 0 amide bonds. The van der Waals surface area contributed by atoms with Gasteiger partial charge in [-0.2, -0.15) is 0 Å². The van der Waals surface area contributed by atoms with E-state index in [2.05, 4.69) is 25.7 Å². The van der Waals surface area contributed by atoms with E-state index in [1.165, 1.54) is 0 Å². The number of rotatable bonds is 12. The number of carboxylic acid groups (broad SMARTS) is 2. The van der Waals surface area contributed by atoms with Crippen LogP contribution < -0.4 is 0 Å². The van der Waals surface area contributed by atoms with Crippen LogP contribution in [-0.4, -0.2) is 22.2 Å². The third kappa shape index (κ3) is 6.74. The second kappa shape index (κ2) is 11.9. The number of carboxylic acids is 2. The highest BCUT2D eigenvalue weighted by Crippen LogP contribution is 2.37. The van der Waals surface area contributed by atoms with Crippen molar-refractivity contribution in [2.24, 2.45) is 11.8 Å². The summed E-state index contributed by atoms with van der Waals surface area (Å²) in [5, 5.41) is 19.4. The molecule has 0 aliphatic rings. The van der Waals surface area contributed by atoms with Gasteiger partial charge in [0.2, 0.25) is 0 Å². The van der Waals surface area contributed by atoms with Crippen molar-refractivity contribution < 1.29 is 19.8 Å². The molecule has 0 saturated heterocycles. The molecule has 2 aromatic rings. The Morgan fingerprint density at radius 1 is 0.788 bits per heavy atom. The summed E-state index contributed by atoms with van der Waals surface area (Å²) in [7, 11) is 0. The lowest BCUT2D eigenvalue weighted by Gasteiger charge is -2.32. The van der Waals surface area contributed by atoms with E-state index in [0.717, 1.165) is 22.3 Å². The van der Waals surface area contributed by atoms with Gasteiger partial charge in [0.25, 0.3) is 0 Å². The smallest absolute Gasteiger partial charge is 0.306 e. The fourth-order valence-electron chi connectivity index (χ4n) is 4.43. The Labute approximate surface area is 197 Å². The van der Waals surface area contributed by atoms with Crippen molar-refractivity contribution >= 4 is 11.9 Å². The van der Waals surface area contributed by atoms with E-state index >= 15 is 0 Å². The molecule has 0 fully saturated rings. The summed E-state index contributed by atoms with van der Waals surface area (Å²) in [4.78, 5) is 23.7. The van der Waals surface area contributed by atoms with Crippen molar-refractivity contribution in [2.45, 2.75) is 57.8 Å². The van der Waals surface area contributed by atoms with Crippen molar-refractivity contribution in [3.63, 3.8) is 0 Å². The lowest BCUT2D eigenvalue weighted by molar-refractivity contribution is -0.142. The van der Waals surface area contributed by atoms with Crippen molar-refractivity contribution in [1.82, 2.24) is 0 Å². The molecular weight excluding hydrogens is 412 g/mol. The van der Waals surface area contributed by atoms with Gasteiger partial charge < -0.3 is 10.2 Å². The normalized spacial score (nSPS) is 12.8. The number of terminal acetylenes is 2. The van der Waals surface area contributed by atoms with Crippen LogP contribution in [0.3, 0.4) is 0 Å². The third-order valence-corrected chi connectivity index (χ3v) is 6.29. The maximum absolute atomic E-state index is 11.8. The van der Waals surface area contributed by atoms with Crippen LogP contribution in [0.2, 0.25) is 0 Å². The Morgan fingerprint density at radius 3 is 1.48 bits per heavy atom. The maximum atomic E-state index is 11.8. The molecule has 0 spiro atoms. The summed E-state index contributed by atoms with van der Waals surface area (Å²) < 4.78 is 0. The minimum atomic E-state index is -0.851. The Kier molecular flexibility index (Phi) is 9.31. The highest BCUT2D eigenvalue weighted by Gasteiger charge is 2.30. The second-order valence-electron chi connectivity index (χ2n) is 8.90. The van der Waals surface area contributed by atoms with E-state index in [0.29, 0.717) is 38.5 Å². The SMILES string of the molecule is C#CCCC(Cc1ccccc1C(C)(C)c1ccccc1CC(CCC#C)C(=O)O)C(=O)O. The first-order valence-electron chi connectivity index (χ1n) is 11.2. The third-order valence-electron chi connectivity index (χ3n) is 6.29. The number of aliphatic carboxylic acids is 2. The molecule has 2 rings (SSSR count). The van der Waals surface area contributed by atoms with Gasteiger partial charge >= 0.3 is 11.9 Å². The van der Waals surface area contributed by atoms with Gasteiger partial charge in [0, 0.05) is 18.3 Å². The van der Waals surface area contributed by atoms with E-state index in [1.807, 2.05) is 48.5 Å². The predicted molar refractivity (Wildman–Crippen MR) is 131 cm³/mol. The van der Waals surface area contributed by atoms with Gasteiger partial charge in [-0.25, -0.2) is 0 Å². The molecule has 2 unspecified atom stereocenters. The number of carbonyl (C=O) groups is 2. The first kappa shape index (κ1) is 25.8. The largest absolute Gasteiger partial charge is 0.481 e. The zero-order valence-corrected chi connectivity index (χ0v) is 19.4. The van der Waals surface area contributed by atoms with Crippen molar-refractivity contribution in [3.8, 4) is 24.7 Å². The Hall–Kier alpha value is -3.50. The molecule has 0 aromatic heterocycles. The summed E-state index contributed by atoms with van der Waals surface area (Å²) in [6.07, 6.45) is 13.2. The lowest BCUT2D eigenvalue weighted by atomic mass is 9.72. The van der Waals surface area contributed by atoms with Gasteiger partial charge in [0.05, 0.1) is 11.8 Å². The molecule has 4 heteroatoms. The standard InChI is InChI=1S/C29H32O4/c1-5-7-13-23(27(30)31)19-21-15-9-11-17-25(21)29(3,4)26-18-12-10-16-22(26)20-24(28(32)33)14-8-6-2/h1-2,9-12,15-18,23-24H,7-8,13-14,19-20H2,3-4H3,(H,30,31)(H,32,33). The highest BCUT2D eigenvalue weighted by atomic mass is 16.4. The van der Waals surface area contributed by atoms with Gasteiger partial charge in [0.15, 0.2) is 0 Å². The van der Waals surface area contributed by atoms with Gasteiger partial charge in [-0.05, 0) is 47.9 Å². The lowest BCUT2D eigenvalue weighted by Crippen LogP contribution is -2.26. The molecule has 0 bridgehead atoms. The topological polar surface area (TPSA) is 74.6 Å². The molecule has 0 heterocycles. The van der Waals surface area contributed by atoms with Crippen LogP contribution in [0.25, 0.3) is 0 Å². The molecule has 0 saturated carbocycles. The molecule has 4 nitrogen and oxygen atoms in total. The molecule has 2 aromatic carbocycles. The number of benzene rings is 2. The Morgan fingerprint density at radius 2 is 1.15 bits per heavy atom. The molecule has 33 heavy (non-hydrogen) atoms. The fraction of sp³-hybridized carbons (Fsp3) is 0.379. The van der Waals surface area contributed by atoms with Crippen LogP contribution in [0.4, 0.5) is 0 Å². The first-order valence-corrected chi connectivity index (χ1v) is 11.2. The first-order chi connectivity index (χ1) is 15.7. The molecule has 0 radical (unpaired) electrons. The van der Waals surface area contributed by atoms with Crippen LogP contribution in [0.1, 0.15) is 61.8 Å². The molecule has 0 aliphatic carbocycles. The molecule has 2 atom stereocenters. The zero-order chi connectivity index (χ0) is 24.4. The van der Waals surface area contributed by atoms with E-state index in [-0.39, 0.29) is 0 Å². The average molecular weight is 445 g/mol. The number of hydrogen-bond donors (Lipinski definition) is 2. The number of hydrogen-bond acceptors (Lipinski definition) is 2. The second-order valence-corrected chi connectivity index (χ2v) is 8.90. The van der Waals surface area contributed by atoms with Crippen LogP contribution in [-0.2, 0) is 27.8 Å². The van der Waals surface area contributed by atoms with E-state index in [1.54, 1.807) is 0 Å².